The van der Waals surface area contributed by atoms with Crippen LogP contribution in [0.3, 0.4) is 0 Å². The Morgan fingerprint density at radius 2 is 1.45 bits per heavy atom. The zero-order chi connectivity index (χ0) is 14.9. The first-order chi connectivity index (χ1) is 9.40. The van der Waals surface area contributed by atoms with Crippen molar-refractivity contribution in [3.63, 3.8) is 0 Å². The number of rotatable bonds is 3. The maximum Gasteiger partial charge on any atom is 0.132 e. The van der Waals surface area contributed by atoms with E-state index in [1.54, 1.807) is 0 Å². The van der Waals surface area contributed by atoms with Gasteiger partial charge >= 0.3 is 0 Å². The molecule has 1 unspecified atom stereocenters. The molecule has 0 radical (unpaired) electrons. The van der Waals surface area contributed by atoms with Gasteiger partial charge in [0, 0.05) is 21.6 Å². The summed E-state index contributed by atoms with van der Waals surface area (Å²) in [7, 11) is 0. The van der Waals surface area contributed by atoms with Crippen LogP contribution in [0, 0.1) is 23.3 Å². The predicted molar refractivity (Wildman–Crippen MR) is 71.0 cm³/mol. The van der Waals surface area contributed by atoms with Gasteiger partial charge in [-0.25, -0.2) is 17.6 Å². The Kier molecular flexibility index (Phi) is 4.45. The first-order valence-electron chi connectivity index (χ1n) is 5.73. The second kappa shape index (κ2) is 5.93. The third-order valence-electron chi connectivity index (χ3n) is 2.90. The third kappa shape index (κ3) is 3.02. The summed E-state index contributed by atoms with van der Waals surface area (Å²) in [5.41, 5.74) is 5.01. The summed E-state index contributed by atoms with van der Waals surface area (Å²) in [6, 6.07) is 4.26. The lowest BCUT2D eigenvalue weighted by Crippen LogP contribution is -2.18. The van der Waals surface area contributed by atoms with Gasteiger partial charge in [0.15, 0.2) is 0 Å². The molecule has 0 aliphatic carbocycles. The monoisotopic (exact) mass is 347 g/mol. The van der Waals surface area contributed by atoms with E-state index in [1.165, 1.54) is 6.07 Å². The maximum absolute atomic E-state index is 13.7. The van der Waals surface area contributed by atoms with Gasteiger partial charge in [0.1, 0.15) is 23.3 Å². The van der Waals surface area contributed by atoms with Crippen molar-refractivity contribution in [3.05, 3.63) is 69.2 Å². The smallest absolute Gasteiger partial charge is 0.132 e. The van der Waals surface area contributed by atoms with Gasteiger partial charge in [0.05, 0.1) is 0 Å². The molecular weight excluding hydrogens is 338 g/mol. The van der Waals surface area contributed by atoms with E-state index in [2.05, 4.69) is 15.9 Å². The quantitative estimate of drug-likeness (QED) is 0.825. The molecule has 0 amide bonds. The zero-order valence-electron chi connectivity index (χ0n) is 10.1. The van der Waals surface area contributed by atoms with E-state index in [0.29, 0.717) is 0 Å². The molecule has 1 nitrogen and oxygen atoms in total. The normalized spacial score (nSPS) is 12.5. The van der Waals surface area contributed by atoms with Crippen molar-refractivity contribution in [3.8, 4) is 0 Å². The molecule has 0 spiro atoms. The van der Waals surface area contributed by atoms with Gasteiger partial charge < -0.3 is 5.73 Å². The lowest BCUT2D eigenvalue weighted by Gasteiger charge is -2.15. The molecule has 2 rings (SSSR count). The second-order valence-corrected chi connectivity index (χ2v) is 5.21. The lowest BCUT2D eigenvalue weighted by molar-refractivity contribution is 0.502. The van der Waals surface area contributed by atoms with Crippen LogP contribution >= 0.6 is 15.9 Å². The van der Waals surface area contributed by atoms with Gasteiger partial charge in [0.2, 0.25) is 0 Å². The molecule has 6 heteroatoms. The zero-order valence-corrected chi connectivity index (χ0v) is 11.7. The second-order valence-electron chi connectivity index (χ2n) is 4.29. The number of hydrogen-bond acceptors (Lipinski definition) is 1. The average molecular weight is 348 g/mol. The topological polar surface area (TPSA) is 26.0 Å². The minimum Gasteiger partial charge on any atom is -0.323 e. The largest absolute Gasteiger partial charge is 0.323 e. The van der Waals surface area contributed by atoms with Crippen LogP contribution in [0.4, 0.5) is 17.6 Å². The predicted octanol–water partition coefficient (Wildman–Crippen LogP) is 4.25. The van der Waals surface area contributed by atoms with Gasteiger partial charge in [-0.05, 0) is 30.7 Å². The first-order valence-corrected chi connectivity index (χ1v) is 6.52. The summed E-state index contributed by atoms with van der Waals surface area (Å²) in [4.78, 5) is 0. The minimum absolute atomic E-state index is 0.223. The van der Waals surface area contributed by atoms with Crippen molar-refractivity contribution in [1.82, 2.24) is 0 Å². The molecule has 0 aliphatic rings. The molecule has 1 atom stereocenters. The summed E-state index contributed by atoms with van der Waals surface area (Å²) in [6.07, 6.45) is -0.339. The highest BCUT2D eigenvalue weighted by molar-refractivity contribution is 9.10. The molecule has 20 heavy (non-hydrogen) atoms. The maximum atomic E-state index is 13.7. The molecule has 0 bridgehead atoms. The Balaban J connectivity index is 2.36. The Morgan fingerprint density at radius 1 is 0.950 bits per heavy atom. The molecule has 0 saturated carbocycles. The van der Waals surface area contributed by atoms with E-state index in [9.17, 15) is 17.6 Å². The van der Waals surface area contributed by atoms with Gasteiger partial charge in [-0.3, -0.25) is 0 Å². The highest BCUT2D eigenvalue weighted by Gasteiger charge is 2.21. The van der Waals surface area contributed by atoms with Crippen LogP contribution in [-0.2, 0) is 6.42 Å². The van der Waals surface area contributed by atoms with Crippen molar-refractivity contribution in [2.24, 2.45) is 5.73 Å². The van der Waals surface area contributed by atoms with Crippen molar-refractivity contribution in [2.45, 2.75) is 12.5 Å². The van der Waals surface area contributed by atoms with Crippen LogP contribution in [0.1, 0.15) is 17.2 Å². The van der Waals surface area contributed by atoms with Gasteiger partial charge in [-0.15, -0.1) is 0 Å². The minimum atomic E-state index is -1.19. The fourth-order valence-electron chi connectivity index (χ4n) is 1.96. The molecule has 106 valence electrons. The van der Waals surface area contributed by atoms with E-state index in [-0.39, 0.29) is 16.5 Å². The SMILES string of the molecule is NC(Cc1c(F)cccc1F)c1c(F)cc(Br)cc1F. The molecule has 0 fully saturated rings. The van der Waals surface area contributed by atoms with Crippen molar-refractivity contribution >= 4 is 15.9 Å². The van der Waals surface area contributed by atoms with Crippen molar-refractivity contribution in [2.75, 3.05) is 0 Å². The summed E-state index contributed by atoms with van der Waals surface area (Å²) in [5.74, 6) is -3.31. The average Bonchev–Trinajstić information content (AvgIpc) is 2.32. The van der Waals surface area contributed by atoms with Gasteiger partial charge in [-0.2, -0.15) is 0 Å². The van der Waals surface area contributed by atoms with Crippen molar-refractivity contribution < 1.29 is 17.6 Å². The van der Waals surface area contributed by atoms with E-state index in [4.69, 9.17) is 5.73 Å². The number of halogens is 5. The summed E-state index contributed by atoms with van der Waals surface area (Å²) >= 11 is 2.95. The highest BCUT2D eigenvalue weighted by atomic mass is 79.9. The van der Waals surface area contributed by atoms with E-state index >= 15 is 0 Å². The molecule has 0 aliphatic heterocycles. The summed E-state index contributed by atoms with van der Waals surface area (Å²) < 4.78 is 54.7. The van der Waals surface area contributed by atoms with Crippen LogP contribution in [0.5, 0.6) is 0 Å². The van der Waals surface area contributed by atoms with Gasteiger partial charge in [-0.1, -0.05) is 22.0 Å². The van der Waals surface area contributed by atoms with Gasteiger partial charge in [0.25, 0.3) is 0 Å². The summed E-state index contributed by atoms with van der Waals surface area (Å²) in [6.45, 7) is 0. The molecule has 2 aromatic rings. The van der Waals surface area contributed by atoms with Crippen LogP contribution in [0.15, 0.2) is 34.8 Å². The molecule has 2 aromatic carbocycles. The van der Waals surface area contributed by atoms with E-state index < -0.39 is 34.9 Å². The van der Waals surface area contributed by atoms with Crippen LogP contribution in [0.2, 0.25) is 0 Å². The Labute approximate surface area is 121 Å². The molecular formula is C14H10BrF4N. The third-order valence-corrected chi connectivity index (χ3v) is 3.36. The molecule has 0 heterocycles. The molecule has 0 saturated heterocycles. The Hall–Kier alpha value is -1.40. The number of hydrogen-bond donors (Lipinski definition) is 1. The fraction of sp³-hybridized carbons (Fsp3) is 0.143. The fourth-order valence-corrected chi connectivity index (χ4v) is 2.36. The van der Waals surface area contributed by atoms with Crippen LogP contribution in [0.25, 0.3) is 0 Å². The standard InChI is InChI=1S/C14H10BrF4N/c15-7-4-11(18)14(12(19)5-7)13(20)6-8-9(16)2-1-3-10(8)17/h1-5,13H,6,20H2. The Bertz CT molecular complexity index is 602. The van der Waals surface area contributed by atoms with Crippen LogP contribution in [-0.4, -0.2) is 0 Å². The van der Waals surface area contributed by atoms with Crippen LogP contribution < -0.4 is 5.73 Å². The Morgan fingerprint density at radius 3 is 1.95 bits per heavy atom. The summed E-state index contributed by atoms with van der Waals surface area (Å²) in [5, 5.41) is 0. The number of benzene rings is 2. The number of nitrogens with two attached hydrogens (primary N) is 1. The molecule has 0 aromatic heterocycles. The molecule has 2 N–H and O–H groups in total. The van der Waals surface area contributed by atoms with E-state index in [0.717, 1.165) is 24.3 Å². The lowest BCUT2D eigenvalue weighted by atomic mass is 9.98. The highest BCUT2D eigenvalue weighted by Crippen LogP contribution is 2.27. The van der Waals surface area contributed by atoms with Crippen molar-refractivity contribution in [1.29, 1.82) is 0 Å². The van der Waals surface area contributed by atoms with E-state index in [1.807, 2.05) is 0 Å². The first kappa shape index (κ1) is 15.0.